The van der Waals surface area contributed by atoms with E-state index < -0.39 is 11.8 Å². The zero-order valence-corrected chi connectivity index (χ0v) is 20.9. The second-order valence-electron chi connectivity index (χ2n) is 6.67. The van der Waals surface area contributed by atoms with E-state index in [0.29, 0.717) is 11.5 Å². The lowest BCUT2D eigenvalue weighted by molar-refractivity contribution is -0.124. The maximum absolute atomic E-state index is 12.0. The van der Waals surface area contributed by atoms with Crippen molar-refractivity contribution in [3.05, 3.63) is 69.1 Å². The normalized spacial score (nSPS) is 10.3. The number of fused-ring (bicyclic) bond motifs is 1. The second kappa shape index (κ2) is 11.3. The monoisotopic (exact) mass is 579 g/mol. The van der Waals surface area contributed by atoms with Crippen LogP contribution in [0.4, 0.5) is 0 Å². The molecule has 0 radical (unpaired) electrons. The highest BCUT2D eigenvalue weighted by molar-refractivity contribution is 9.11. The molecule has 0 saturated carbocycles. The zero-order valence-electron chi connectivity index (χ0n) is 16.9. The molecule has 0 aliphatic heterocycles. The van der Waals surface area contributed by atoms with Crippen LogP contribution in [0, 0.1) is 6.92 Å². The number of nitrogens with one attached hydrogen (secondary N) is 3. The number of hydrogen-bond donors (Lipinski definition) is 3. The fraction of sp³-hybridized carbons (Fsp3) is 0.136. The van der Waals surface area contributed by atoms with Crippen LogP contribution in [0.5, 0.6) is 11.5 Å². The number of ether oxygens (including phenoxy) is 2. The van der Waals surface area contributed by atoms with Crippen molar-refractivity contribution < 1.29 is 19.1 Å². The quantitative estimate of drug-likeness (QED) is 0.300. The van der Waals surface area contributed by atoms with Crippen molar-refractivity contribution in [2.24, 2.45) is 0 Å². The maximum atomic E-state index is 12.0. The minimum Gasteiger partial charge on any atom is -0.484 e. The Kier molecular flexibility index (Phi) is 8.43. The van der Waals surface area contributed by atoms with Gasteiger partial charge in [-0.1, -0.05) is 46.3 Å². The summed E-state index contributed by atoms with van der Waals surface area (Å²) in [6.45, 7) is 1.40. The molecule has 0 heterocycles. The van der Waals surface area contributed by atoms with Gasteiger partial charge in [-0.15, -0.1) is 0 Å². The van der Waals surface area contributed by atoms with Crippen molar-refractivity contribution in [2.45, 2.75) is 6.92 Å². The summed E-state index contributed by atoms with van der Waals surface area (Å²) in [7, 11) is 0. The smallest absolute Gasteiger partial charge is 0.276 e. The van der Waals surface area contributed by atoms with Gasteiger partial charge >= 0.3 is 0 Å². The third-order valence-corrected chi connectivity index (χ3v) is 5.45. The van der Waals surface area contributed by atoms with Crippen LogP contribution in [0.1, 0.15) is 5.56 Å². The Morgan fingerprint density at radius 3 is 2.38 bits per heavy atom. The van der Waals surface area contributed by atoms with E-state index >= 15 is 0 Å². The number of benzene rings is 3. The number of halogens is 2. The topological polar surface area (TPSA) is 88.7 Å². The van der Waals surface area contributed by atoms with Crippen molar-refractivity contribution >= 4 is 71.8 Å². The maximum Gasteiger partial charge on any atom is 0.276 e. The van der Waals surface area contributed by atoms with Crippen LogP contribution in [0.25, 0.3) is 10.8 Å². The molecule has 0 aliphatic rings. The van der Waals surface area contributed by atoms with Crippen molar-refractivity contribution in [2.75, 3.05) is 13.2 Å². The third kappa shape index (κ3) is 6.91. The molecule has 0 unspecified atom stereocenters. The molecule has 32 heavy (non-hydrogen) atoms. The Morgan fingerprint density at radius 2 is 1.62 bits per heavy atom. The van der Waals surface area contributed by atoms with E-state index in [4.69, 9.17) is 21.7 Å². The van der Waals surface area contributed by atoms with Crippen LogP contribution >= 0.6 is 44.1 Å². The van der Waals surface area contributed by atoms with E-state index in [1.807, 2.05) is 55.5 Å². The highest BCUT2D eigenvalue weighted by atomic mass is 79.9. The Bertz CT molecular complexity index is 1150. The molecule has 0 aromatic heterocycles. The van der Waals surface area contributed by atoms with E-state index in [1.54, 1.807) is 6.07 Å². The van der Waals surface area contributed by atoms with Crippen LogP contribution in [0.15, 0.2) is 63.5 Å². The van der Waals surface area contributed by atoms with Gasteiger partial charge in [0.15, 0.2) is 18.3 Å². The van der Waals surface area contributed by atoms with Gasteiger partial charge in [0.25, 0.3) is 11.8 Å². The number of hydrazine groups is 1. The predicted molar refractivity (Wildman–Crippen MR) is 134 cm³/mol. The Morgan fingerprint density at radius 1 is 0.906 bits per heavy atom. The number of aryl methyl sites for hydroxylation is 1. The summed E-state index contributed by atoms with van der Waals surface area (Å²) < 4.78 is 12.7. The molecule has 0 saturated heterocycles. The largest absolute Gasteiger partial charge is 0.484 e. The highest BCUT2D eigenvalue weighted by Gasteiger charge is 2.11. The number of carbonyl (C=O) groups is 2. The first-order valence-electron chi connectivity index (χ1n) is 9.40. The van der Waals surface area contributed by atoms with E-state index in [1.165, 1.54) is 0 Å². The number of hydrogen-bond acceptors (Lipinski definition) is 5. The number of rotatable bonds is 6. The first kappa shape index (κ1) is 24.0. The Hall–Kier alpha value is -2.69. The molecule has 7 nitrogen and oxygen atoms in total. The Balaban J connectivity index is 1.39. The van der Waals surface area contributed by atoms with Gasteiger partial charge in [-0.3, -0.25) is 25.8 Å². The molecule has 3 aromatic rings. The van der Waals surface area contributed by atoms with Gasteiger partial charge in [0.2, 0.25) is 0 Å². The van der Waals surface area contributed by atoms with Crippen LogP contribution in [-0.2, 0) is 9.59 Å². The first-order chi connectivity index (χ1) is 15.3. The summed E-state index contributed by atoms with van der Waals surface area (Å²) in [5.41, 5.74) is 5.68. The fourth-order valence-corrected chi connectivity index (χ4v) is 4.49. The molecule has 2 amide bonds. The molecular weight excluding hydrogens is 562 g/mol. The molecule has 0 aliphatic carbocycles. The van der Waals surface area contributed by atoms with Gasteiger partial charge in [0, 0.05) is 4.47 Å². The molecule has 0 spiro atoms. The van der Waals surface area contributed by atoms with Gasteiger partial charge in [0.1, 0.15) is 11.5 Å². The summed E-state index contributed by atoms with van der Waals surface area (Å²) >= 11 is 11.8. The summed E-state index contributed by atoms with van der Waals surface area (Å²) in [4.78, 5) is 24.0. The van der Waals surface area contributed by atoms with E-state index in [-0.39, 0.29) is 18.3 Å². The number of thiocarbonyl (C=S) groups is 1. The number of amides is 2. The molecule has 10 heteroatoms. The number of carbonyl (C=O) groups excluding carboxylic acids is 2. The van der Waals surface area contributed by atoms with E-state index in [0.717, 1.165) is 25.3 Å². The van der Waals surface area contributed by atoms with Crippen LogP contribution < -0.4 is 25.6 Å². The van der Waals surface area contributed by atoms with E-state index in [2.05, 4.69) is 48.0 Å². The molecule has 0 bridgehead atoms. The molecule has 3 N–H and O–H groups in total. The minimum atomic E-state index is -0.469. The fourth-order valence-electron chi connectivity index (χ4n) is 2.77. The predicted octanol–water partition coefficient (Wildman–Crippen LogP) is 4.15. The van der Waals surface area contributed by atoms with Crippen LogP contribution in [0.2, 0.25) is 0 Å². The van der Waals surface area contributed by atoms with Gasteiger partial charge in [0.05, 0.1) is 4.47 Å². The van der Waals surface area contributed by atoms with Crippen molar-refractivity contribution in [3.63, 3.8) is 0 Å². The molecule has 3 aromatic carbocycles. The lowest BCUT2D eigenvalue weighted by Crippen LogP contribution is -2.50. The molecule has 166 valence electrons. The van der Waals surface area contributed by atoms with Gasteiger partial charge < -0.3 is 9.47 Å². The van der Waals surface area contributed by atoms with Gasteiger partial charge in [-0.25, -0.2) is 0 Å². The van der Waals surface area contributed by atoms with Crippen molar-refractivity contribution in [1.29, 1.82) is 0 Å². The third-order valence-electron chi connectivity index (χ3n) is 4.20. The highest BCUT2D eigenvalue weighted by Crippen LogP contribution is 2.32. The molecule has 0 fully saturated rings. The SMILES string of the molecule is Cc1cc(Br)cc(Br)c1OCC(=O)NNC(=S)NC(=O)COc1ccc2ccccc2c1. The van der Waals surface area contributed by atoms with Crippen LogP contribution in [-0.4, -0.2) is 30.1 Å². The summed E-state index contributed by atoms with van der Waals surface area (Å²) in [5.74, 6) is 0.196. The van der Waals surface area contributed by atoms with Crippen LogP contribution in [0.3, 0.4) is 0 Å². The lowest BCUT2D eigenvalue weighted by atomic mass is 10.1. The summed E-state index contributed by atoms with van der Waals surface area (Å²) in [6, 6.07) is 17.1. The van der Waals surface area contributed by atoms with E-state index in [9.17, 15) is 9.59 Å². The summed E-state index contributed by atoms with van der Waals surface area (Å²) in [5, 5.41) is 4.46. The zero-order chi connectivity index (χ0) is 23.1. The standard InChI is InChI=1S/C22H19Br2N3O4S/c1-13-8-16(23)10-18(24)21(13)31-12-20(29)26-27-22(32)25-19(28)11-30-17-7-6-14-4-2-3-5-15(14)9-17/h2-10H,11-12H2,1H3,(H,26,29)(H2,25,27,28,32). The minimum absolute atomic E-state index is 0.0635. The van der Waals surface area contributed by atoms with Gasteiger partial charge in [-0.2, -0.15) is 0 Å². The second-order valence-corrected chi connectivity index (χ2v) is 8.85. The molecular formula is C22H19Br2N3O4S. The first-order valence-corrected chi connectivity index (χ1v) is 11.4. The summed E-state index contributed by atoms with van der Waals surface area (Å²) in [6.07, 6.45) is 0. The molecule has 3 rings (SSSR count). The molecule has 0 atom stereocenters. The van der Waals surface area contributed by atoms with Crippen molar-refractivity contribution in [1.82, 2.24) is 16.2 Å². The van der Waals surface area contributed by atoms with Gasteiger partial charge in [-0.05, 0) is 75.7 Å². The van der Waals surface area contributed by atoms with Crippen molar-refractivity contribution in [3.8, 4) is 11.5 Å². The Labute approximate surface area is 207 Å². The lowest BCUT2D eigenvalue weighted by Gasteiger charge is -2.13. The average Bonchev–Trinajstić information content (AvgIpc) is 2.75. The average molecular weight is 581 g/mol.